The van der Waals surface area contributed by atoms with Crippen molar-refractivity contribution in [1.82, 2.24) is 0 Å². The van der Waals surface area contributed by atoms with Crippen LogP contribution in [0.3, 0.4) is 0 Å². The Bertz CT molecular complexity index is 145. The highest BCUT2D eigenvalue weighted by Gasteiger charge is 2.16. The fourth-order valence-electron chi connectivity index (χ4n) is 1.72. The molecule has 0 aromatic carbocycles. The average Bonchev–Trinajstić information content (AvgIpc) is 2.25. The van der Waals surface area contributed by atoms with Gasteiger partial charge in [0.2, 0.25) is 0 Å². The van der Waals surface area contributed by atoms with E-state index in [0.717, 1.165) is 25.7 Å². The number of ether oxygens (including phenoxy) is 1. The molecule has 0 bridgehead atoms. The maximum absolute atomic E-state index is 9.85. The molecule has 0 aromatic heterocycles. The van der Waals surface area contributed by atoms with Crippen LogP contribution < -0.4 is 0 Å². The zero-order chi connectivity index (χ0) is 11.5. The van der Waals surface area contributed by atoms with Crippen LogP contribution in [0.5, 0.6) is 0 Å². The third-order valence-corrected chi connectivity index (χ3v) is 2.62. The van der Waals surface area contributed by atoms with Gasteiger partial charge in [0, 0.05) is 6.61 Å². The summed E-state index contributed by atoms with van der Waals surface area (Å²) in [7, 11) is 0. The summed E-state index contributed by atoms with van der Waals surface area (Å²) in [4.78, 5) is 0. The predicted octanol–water partition coefficient (Wildman–Crippen LogP) is 3.30. The molecule has 0 rings (SSSR count). The highest BCUT2D eigenvalue weighted by Crippen LogP contribution is 2.12. The highest BCUT2D eigenvalue weighted by atomic mass is 16.5. The summed E-state index contributed by atoms with van der Waals surface area (Å²) in [6, 6.07) is 0. The van der Waals surface area contributed by atoms with E-state index >= 15 is 0 Å². The Balaban J connectivity index is 3.51. The van der Waals surface area contributed by atoms with Crippen LogP contribution in [0.4, 0.5) is 0 Å². The molecule has 15 heavy (non-hydrogen) atoms. The van der Waals surface area contributed by atoms with Crippen molar-refractivity contribution in [2.24, 2.45) is 0 Å². The Morgan fingerprint density at radius 3 is 2.53 bits per heavy atom. The van der Waals surface area contributed by atoms with Crippen LogP contribution in [0.15, 0.2) is 12.7 Å². The third kappa shape index (κ3) is 7.57. The Morgan fingerprint density at radius 1 is 1.27 bits per heavy atom. The average molecular weight is 214 g/mol. The normalized spacial score (nSPS) is 14.9. The first kappa shape index (κ1) is 14.7. The molecule has 0 amide bonds. The van der Waals surface area contributed by atoms with E-state index in [1.807, 2.05) is 13.0 Å². The highest BCUT2D eigenvalue weighted by molar-refractivity contribution is 4.69. The molecule has 0 aliphatic carbocycles. The molecule has 1 N–H and O–H groups in total. The second-order valence-electron chi connectivity index (χ2n) is 3.90. The van der Waals surface area contributed by atoms with E-state index in [-0.39, 0.29) is 12.2 Å². The Kier molecular flexibility index (Phi) is 9.96. The van der Waals surface area contributed by atoms with E-state index in [1.165, 1.54) is 12.8 Å². The molecular formula is C13H26O2. The number of hydrogen-bond acceptors (Lipinski definition) is 2. The monoisotopic (exact) mass is 214 g/mol. The first-order valence-corrected chi connectivity index (χ1v) is 6.16. The molecule has 0 aromatic rings. The van der Waals surface area contributed by atoms with Gasteiger partial charge in [-0.05, 0) is 32.6 Å². The maximum atomic E-state index is 9.85. The van der Waals surface area contributed by atoms with Gasteiger partial charge in [0.25, 0.3) is 0 Å². The summed E-state index contributed by atoms with van der Waals surface area (Å²) in [5.74, 6) is 0. The largest absolute Gasteiger partial charge is 0.390 e. The number of rotatable bonds is 10. The maximum Gasteiger partial charge on any atom is 0.0831 e. The number of allylic oxidation sites excluding steroid dienone is 1. The zero-order valence-corrected chi connectivity index (χ0v) is 10.2. The van der Waals surface area contributed by atoms with Gasteiger partial charge in [0.05, 0.1) is 12.2 Å². The number of aliphatic hydroxyl groups is 1. The molecule has 0 saturated heterocycles. The summed E-state index contributed by atoms with van der Waals surface area (Å²) >= 11 is 0. The first-order chi connectivity index (χ1) is 7.26. The van der Waals surface area contributed by atoms with E-state index in [9.17, 15) is 5.11 Å². The van der Waals surface area contributed by atoms with Gasteiger partial charge >= 0.3 is 0 Å². The third-order valence-electron chi connectivity index (χ3n) is 2.62. The zero-order valence-electron chi connectivity index (χ0n) is 10.2. The molecule has 2 heteroatoms. The molecule has 0 saturated carbocycles. The Labute approximate surface area is 94.3 Å². The van der Waals surface area contributed by atoms with Crippen molar-refractivity contribution in [2.45, 2.75) is 64.6 Å². The molecule has 0 heterocycles. The van der Waals surface area contributed by atoms with Crippen molar-refractivity contribution in [3.63, 3.8) is 0 Å². The van der Waals surface area contributed by atoms with Gasteiger partial charge in [0.15, 0.2) is 0 Å². The molecular weight excluding hydrogens is 188 g/mol. The molecule has 2 atom stereocenters. The molecule has 0 spiro atoms. The van der Waals surface area contributed by atoms with Crippen LogP contribution in [0.1, 0.15) is 52.4 Å². The van der Waals surface area contributed by atoms with Gasteiger partial charge in [0.1, 0.15) is 0 Å². The quantitative estimate of drug-likeness (QED) is 0.446. The molecule has 2 unspecified atom stereocenters. The van der Waals surface area contributed by atoms with Crippen LogP contribution in [0.25, 0.3) is 0 Å². The van der Waals surface area contributed by atoms with Gasteiger partial charge < -0.3 is 9.84 Å². The standard InChI is InChI=1S/C13H26O2/c1-4-7-8-9-10-11-12(14)13(5-2)15-6-3/h4,12-14H,1,5-11H2,2-3H3. The first-order valence-electron chi connectivity index (χ1n) is 6.16. The molecule has 0 fully saturated rings. The molecule has 0 aliphatic rings. The lowest BCUT2D eigenvalue weighted by Gasteiger charge is -2.21. The summed E-state index contributed by atoms with van der Waals surface area (Å²) in [6.07, 6.45) is 7.95. The molecule has 0 radical (unpaired) electrons. The molecule has 90 valence electrons. The predicted molar refractivity (Wildman–Crippen MR) is 65.0 cm³/mol. The van der Waals surface area contributed by atoms with Gasteiger partial charge in [-0.25, -0.2) is 0 Å². The second kappa shape index (κ2) is 10.2. The number of hydrogen-bond donors (Lipinski definition) is 1. The van der Waals surface area contributed by atoms with Crippen LogP contribution in [0.2, 0.25) is 0 Å². The lowest BCUT2D eigenvalue weighted by molar-refractivity contribution is -0.0380. The van der Waals surface area contributed by atoms with Crippen LogP contribution >= 0.6 is 0 Å². The van der Waals surface area contributed by atoms with E-state index in [1.54, 1.807) is 0 Å². The van der Waals surface area contributed by atoms with Crippen LogP contribution in [-0.4, -0.2) is 23.9 Å². The lowest BCUT2D eigenvalue weighted by atomic mass is 10.0. The van der Waals surface area contributed by atoms with Crippen molar-refractivity contribution in [3.05, 3.63) is 12.7 Å². The number of aliphatic hydroxyl groups excluding tert-OH is 1. The smallest absolute Gasteiger partial charge is 0.0831 e. The minimum Gasteiger partial charge on any atom is -0.390 e. The van der Waals surface area contributed by atoms with E-state index in [0.29, 0.717) is 6.61 Å². The lowest BCUT2D eigenvalue weighted by Crippen LogP contribution is -2.28. The summed E-state index contributed by atoms with van der Waals surface area (Å²) in [6.45, 7) is 8.40. The van der Waals surface area contributed by atoms with Crippen molar-refractivity contribution < 1.29 is 9.84 Å². The number of unbranched alkanes of at least 4 members (excludes halogenated alkanes) is 3. The van der Waals surface area contributed by atoms with Gasteiger partial charge in [-0.2, -0.15) is 0 Å². The topological polar surface area (TPSA) is 29.5 Å². The fourth-order valence-corrected chi connectivity index (χ4v) is 1.72. The molecule has 2 nitrogen and oxygen atoms in total. The van der Waals surface area contributed by atoms with Crippen molar-refractivity contribution in [1.29, 1.82) is 0 Å². The van der Waals surface area contributed by atoms with Crippen LogP contribution in [0, 0.1) is 0 Å². The Morgan fingerprint density at radius 2 is 2.00 bits per heavy atom. The SMILES string of the molecule is C=CCCCCCC(O)C(CC)OCC. The van der Waals surface area contributed by atoms with E-state index < -0.39 is 0 Å². The minimum atomic E-state index is -0.293. The van der Waals surface area contributed by atoms with E-state index in [2.05, 4.69) is 13.5 Å². The second-order valence-corrected chi connectivity index (χ2v) is 3.90. The minimum absolute atomic E-state index is 0.0226. The summed E-state index contributed by atoms with van der Waals surface area (Å²) < 4.78 is 5.46. The van der Waals surface area contributed by atoms with Gasteiger partial charge in [-0.15, -0.1) is 6.58 Å². The van der Waals surface area contributed by atoms with Gasteiger partial charge in [-0.3, -0.25) is 0 Å². The Hall–Kier alpha value is -0.340. The molecule has 0 aliphatic heterocycles. The van der Waals surface area contributed by atoms with Crippen molar-refractivity contribution in [3.8, 4) is 0 Å². The summed E-state index contributed by atoms with van der Waals surface area (Å²) in [5.41, 5.74) is 0. The van der Waals surface area contributed by atoms with Crippen molar-refractivity contribution in [2.75, 3.05) is 6.61 Å². The van der Waals surface area contributed by atoms with Crippen molar-refractivity contribution >= 4 is 0 Å². The summed E-state index contributed by atoms with van der Waals surface area (Å²) in [5, 5.41) is 9.85. The van der Waals surface area contributed by atoms with Gasteiger partial charge in [-0.1, -0.05) is 25.8 Å². The fraction of sp³-hybridized carbons (Fsp3) is 0.846. The van der Waals surface area contributed by atoms with Crippen LogP contribution in [-0.2, 0) is 4.74 Å². The van der Waals surface area contributed by atoms with E-state index in [4.69, 9.17) is 4.74 Å².